The van der Waals surface area contributed by atoms with Gasteiger partial charge < -0.3 is 10.2 Å². The summed E-state index contributed by atoms with van der Waals surface area (Å²) in [4.78, 5) is 2.27. The molecule has 15 heavy (non-hydrogen) atoms. The lowest BCUT2D eigenvalue weighted by atomic mass is 10.0. The van der Waals surface area contributed by atoms with Crippen LogP contribution >= 0.6 is 0 Å². The van der Waals surface area contributed by atoms with Crippen LogP contribution in [0.15, 0.2) is 24.3 Å². The highest BCUT2D eigenvalue weighted by atomic mass is 19.1. The van der Waals surface area contributed by atoms with Crippen LogP contribution in [-0.4, -0.2) is 31.6 Å². The third-order valence-electron chi connectivity index (χ3n) is 2.96. The van der Waals surface area contributed by atoms with Gasteiger partial charge in [0, 0.05) is 24.7 Å². The van der Waals surface area contributed by atoms with Gasteiger partial charge in [-0.2, -0.15) is 0 Å². The van der Waals surface area contributed by atoms with Crippen LogP contribution in [0.25, 0.3) is 0 Å². The van der Waals surface area contributed by atoms with Crippen molar-refractivity contribution in [3.05, 3.63) is 35.6 Å². The topological polar surface area (TPSA) is 15.3 Å². The number of hydrogen-bond acceptors (Lipinski definition) is 2. The first kappa shape index (κ1) is 10.6. The maximum absolute atomic E-state index is 13.6. The zero-order valence-electron chi connectivity index (χ0n) is 9.04. The third-order valence-corrected chi connectivity index (χ3v) is 2.96. The number of halogens is 1. The highest BCUT2D eigenvalue weighted by molar-refractivity contribution is 5.21. The van der Waals surface area contributed by atoms with E-state index in [0.29, 0.717) is 0 Å². The molecule has 0 bridgehead atoms. The van der Waals surface area contributed by atoms with Crippen molar-refractivity contribution in [2.45, 2.75) is 12.5 Å². The largest absolute Gasteiger partial charge is 0.309 e. The van der Waals surface area contributed by atoms with Crippen molar-refractivity contribution < 1.29 is 4.39 Å². The van der Waals surface area contributed by atoms with Gasteiger partial charge in [0.15, 0.2) is 0 Å². The summed E-state index contributed by atoms with van der Waals surface area (Å²) in [5, 5.41) is 3.39. The zero-order valence-corrected chi connectivity index (χ0v) is 9.04. The average Bonchev–Trinajstić information content (AvgIpc) is 2.44. The van der Waals surface area contributed by atoms with E-state index in [1.165, 1.54) is 6.07 Å². The molecule has 1 fully saturated rings. The molecule has 0 aromatic heterocycles. The smallest absolute Gasteiger partial charge is 0.127 e. The molecule has 0 saturated carbocycles. The van der Waals surface area contributed by atoms with Gasteiger partial charge in [-0.25, -0.2) is 4.39 Å². The minimum absolute atomic E-state index is 0.0976. The Morgan fingerprint density at radius 2 is 2.13 bits per heavy atom. The van der Waals surface area contributed by atoms with Crippen molar-refractivity contribution in [1.29, 1.82) is 0 Å². The van der Waals surface area contributed by atoms with Gasteiger partial charge >= 0.3 is 0 Å². The summed E-state index contributed by atoms with van der Waals surface area (Å²) in [6.45, 7) is 2.98. The van der Waals surface area contributed by atoms with E-state index in [0.717, 1.165) is 31.6 Å². The molecule has 0 spiro atoms. The Morgan fingerprint density at radius 1 is 1.33 bits per heavy atom. The molecule has 1 unspecified atom stereocenters. The standard InChI is InChI=1S/C12H17FN2/c1-15-8-6-12(14-7-9-15)10-4-2-3-5-11(10)13/h2-5,12,14H,6-9H2,1H3. The van der Waals surface area contributed by atoms with Gasteiger partial charge in [0.1, 0.15) is 5.82 Å². The van der Waals surface area contributed by atoms with Crippen LogP contribution in [0.1, 0.15) is 18.0 Å². The molecule has 2 rings (SSSR count). The summed E-state index contributed by atoms with van der Waals surface area (Å²) >= 11 is 0. The molecular formula is C12H17FN2. The molecule has 1 aliphatic rings. The first-order valence-electron chi connectivity index (χ1n) is 5.44. The van der Waals surface area contributed by atoms with Gasteiger partial charge in [-0.1, -0.05) is 18.2 Å². The summed E-state index contributed by atoms with van der Waals surface area (Å²) in [5.74, 6) is -0.0976. The molecule has 2 nitrogen and oxygen atoms in total. The van der Waals surface area contributed by atoms with E-state index >= 15 is 0 Å². The average molecular weight is 208 g/mol. The van der Waals surface area contributed by atoms with Gasteiger partial charge in [0.25, 0.3) is 0 Å². The predicted octanol–water partition coefficient (Wildman–Crippen LogP) is 1.79. The van der Waals surface area contributed by atoms with E-state index < -0.39 is 0 Å². The normalized spacial score (nSPS) is 23.7. The Morgan fingerprint density at radius 3 is 2.93 bits per heavy atom. The van der Waals surface area contributed by atoms with Gasteiger partial charge in [0.05, 0.1) is 0 Å². The van der Waals surface area contributed by atoms with Crippen LogP contribution in [0.5, 0.6) is 0 Å². The number of hydrogen-bond donors (Lipinski definition) is 1. The van der Waals surface area contributed by atoms with E-state index in [4.69, 9.17) is 0 Å². The van der Waals surface area contributed by atoms with Crippen LogP contribution in [0.2, 0.25) is 0 Å². The van der Waals surface area contributed by atoms with Crippen LogP contribution in [0.4, 0.5) is 4.39 Å². The SMILES string of the molecule is CN1CCNC(c2ccccc2F)CC1. The second-order valence-corrected chi connectivity index (χ2v) is 4.12. The molecule has 1 heterocycles. The Balaban J connectivity index is 2.13. The van der Waals surface area contributed by atoms with Gasteiger partial charge in [-0.05, 0) is 26.1 Å². The summed E-state index contributed by atoms with van der Waals surface area (Å²) < 4.78 is 13.6. The van der Waals surface area contributed by atoms with Crippen molar-refractivity contribution >= 4 is 0 Å². The van der Waals surface area contributed by atoms with Gasteiger partial charge in [0.2, 0.25) is 0 Å². The number of rotatable bonds is 1. The van der Waals surface area contributed by atoms with E-state index in [9.17, 15) is 4.39 Å². The van der Waals surface area contributed by atoms with Crippen molar-refractivity contribution in [3.8, 4) is 0 Å². The molecular weight excluding hydrogens is 191 g/mol. The Bertz CT molecular complexity index is 327. The monoisotopic (exact) mass is 208 g/mol. The molecule has 0 amide bonds. The highest BCUT2D eigenvalue weighted by Crippen LogP contribution is 2.21. The maximum atomic E-state index is 13.6. The lowest BCUT2D eigenvalue weighted by molar-refractivity contribution is 0.354. The summed E-state index contributed by atoms with van der Waals surface area (Å²) in [5.41, 5.74) is 0.799. The number of likely N-dealkylation sites (N-methyl/N-ethyl adjacent to an activating group) is 1. The van der Waals surface area contributed by atoms with Crippen LogP contribution in [0.3, 0.4) is 0 Å². The second-order valence-electron chi connectivity index (χ2n) is 4.12. The fourth-order valence-corrected chi connectivity index (χ4v) is 2.02. The molecule has 0 aliphatic carbocycles. The van der Waals surface area contributed by atoms with Crippen molar-refractivity contribution in [2.75, 3.05) is 26.7 Å². The predicted molar refractivity (Wildman–Crippen MR) is 59.3 cm³/mol. The lowest BCUT2D eigenvalue weighted by Crippen LogP contribution is -2.25. The van der Waals surface area contributed by atoms with E-state index in [1.807, 2.05) is 12.1 Å². The number of nitrogens with zero attached hydrogens (tertiary/aromatic N) is 1. The first-order chi connectivity index (χ1) is 7.27. The Kier molecular flexibility index (Phi) is 3.34. The van der Waals surface area contributed by atoms with Gasteiger partial charge in [-0.3, -0.25) is 0 Å². The van der Waals surface area contributed by atoms with Crippen molar-refractivity contribution in [3.63, 3.8) is 0 Å². The Hall–Kier alpha value is -0.930. The Labute approximate surface area is 90.1 Å². The second kappa shape index (κ2) is 4.73. The third kappa shape index (κ3) is 2.55. The van der Waals surface area contributed by atoms with Gasteiger partial charge in [-0.15, -0.1) is 0 Å². The zero-order chi connectivity index (χ0) is 10.7. The fraction of sp³-hybridized carbons (Fsp3) is 0.500. The fourth-order valence-electron chi connectivity index (χ4n) is 2.02. The molecule has 82 valence electrons. The summed E-state index contributed by atoms with van der Waals surface area (Å²) in [6.07, 6.45) is 0.970. The van der Waals surface area contributed by atoms with Crippen LogP contribution in [-0.2, 0) is 0 Å². The van der Waals surface area contributed by atoms with Crippen molar-refractivity contribution in [2.24, 2.45) is 0 Å². The van der Waals surface area contributed by atoms with Crippen LogP contribution in [0, 0.1) is 5.82 Å². The molecule has 1 aromatic carbocycles. The van der Waals surface area contributed by atoms with E-state index in [-0.39, 0.29) is 11.9 Å². The molecule has 1 atom stereocenters. The molecule has 1 aromatic rings. The van der Waals surface area contributed by atoms with Crippen LogP contribution < -0.4 is 5.32 Å². The first-order valence-corrected chi connectivity index (χ1v) is 5.44. The summed E-state index contributed by atoms with van der Waals surface area (Å²) in [6, 6.07) is 7.21. The molecule has 1 aliphatic heterocycles. The van der Waals surface area contributed by atoms with E-state index in [2.05, 4.69) is 17.3 Å². The molecule has 3 heteroatoms. The number of benzene rings is 1. The maximum Gasteiger partial charge on any atom is 0.127 e. The highest BCUT2D eigenvalue weighted by Gasteiger charge is 2.18. The minimum atomic E-state index is -0.0976. The quantitative estimate of drug-likeness (QED) is 0.757. The van der Waals surface area contributed by atoms with Crippen molar-refractivity contribution in [1.82, 2.24) is 10.2 Å². The van der Waals surface area contributed by atoms with E-state index in [1.54, 1.807) is 6.07 Å². The number of nitrogens with one attached hydrogen (secondary N) is 1. The lowest BCUT2D eigenvalue weighted by Gasteiger charge is -2.16. The molecule has 1 N–H and O–H groups in total. The molecule has 1 saturated heterocycles. The minimum Gasteiger partial charge on any atom is -0.309 e. The molecule has 0 radical (unpaired) electrons. The summed E-state index contributed by atoms with van der Waals surface area (Å²) in [7, 11) is 2.10.